The van der Waals surface area contributed by atoms with Crippen LogP contribution in [0, 0.1) is 12.8 Å². The summed E-state index contributed by atoms with van der Waals surface area (Å²) in [5.41, 5.74) is 2.36. The number of aryl methyl sites for hydroxylation is 1. The highest BCUT2D eigenvalue weighted by molar-refractivity contribution is 5.80. The van der Waals surface area contributed by atoms with Crippen molar-refractivity contribution in [2.24, 2.45) is 10.9 Å². The molecule has 1 aromatic carbocycles. The van der Waals surface area contributed by atoms with Crippen molar-refractivity contribution in [1.82, 2.24) is 20.4 Å². The van der Waals surface area contributed by atoms with Crippen molar-refractivity contribution >= 4 is 5.96 Å². The molecule has 1 atom stereocenters. The molecule has 0 aliphatic heterocycles. The van der Waals surface area contributed by atoms with Crippen LogP contribution in [-0.2, 0) is 6.54 Å². The van der Waals surface area contributed by atoms with E-state index >= 15 is 0 Å². The van der Waals surface area contributed by atoms with Gasteiger partial charge in [-0.2, -0.15) is 5.10 Å². The maximum absolute atomic E-state index is 5.74. The van der Waals surface area contributed by atoms with Gasteiger partial charge in [0.25, 0.3) is 0 Å². The zero-order valence-electron chi connectivity index (χ0n) is 16.5. The summed E-state index contributed by atoms with van der Waals surface area (Å²) in [6.45, 7) is 10.7. The zero-order chi connectivity index (χ0) is 18.9. The van der Waals surface area contributed by atoms with Crippen molar-refractivity contribution in [3.05, 3.63) is 47.8 Å². The van der Waals surface area contributed by atoms with Gasteiger partial charge in [0.15, 0.2) is 5.96 Å². The van der Waals surface area contributed by atoms with E-state index in [2.05, 4.69) is 53.6 Å². The van der Waals surface area contributed by atoms with Crippen molar-refractivity contribution in [1.29, 1.82) is 0 Å². The van der Waals surface area contributed by atoms with Gasteiger partial charge in [-0.3, -0.25) is 9.67 Å². The first kappa shape index (κ1) is 19.8. The van der Waals surface area contributed by atoms with Gasteiger partial charge in [0.2, 0.25) is 0 Å². The summed E-state index contributed by atoms with van der Waals surface area (Å²) in [4.78, 5) is 4.30. The lowest BCUT2D eigenvalue weighted by atomic mass is 10.1. The van der Waals surface area contributed by atoms with E-state index in [1.807, 2.05) is 36.1 Å². The Hall–Kier alpha value is -2.50. The summed E-state index contributed by atoms with van der Waals surface area (Å²) in [6.07, 6.45) is 3.90. The summed E-state index contributed by atoms with van der Waals surface area (Å²) in [7, 11) is 1.78. The average Bonchev–Trinajstić information content (AvgIpc) is 3.04. The van der Waals surface area contributed by atoms with Crippen LogP contribution in [0.25, 0.3) is 0 Å². The highest BCUT2D eigenvalue weighted by Crippen LogP contribution is 2.18. The molecule has 1 heterocycles. The molecule has 0 amide bonds. The first-order chi connectivity index (χ1) is 12.5. The van der Waals surface area contributed by atoms with Gasteiger partial charge < -0.3 is 15.4 Å². The normalized spacial score (nSPS) is 12.9. The summed E-state index contributed by atoms with van der Waals surface area (Å²) in [5.74, 6) is 2.21. The Balaban J connectivity index is 1.81. The Labute approximate surface area is 156 Å². The molecule has 6 heteroatoms. The molecule has 0 saturated carbocycles. The molecule has 1 unspecified atom stereocenters. The third-order valence-corrected chi connectivity index (χ3v) is 3.94. The molecular weight excluding hydrogens is 326 g/mol. The summed E-state index contributed by atoms with van der Waals surface area (Å²) in [5, 5.41) is 11.0. The fourth-order valence-electron chi connectivity index (χ4n) is 2.48. The number of guanidine groups is 1. The molecular formula is C20H31N5O. The van der Waals surface area contributed by atoms with Gasteiger partial charge in [-0.05, 0) is 43.0 Å². The molecule has 142 valence electrons. The monoisotopic (exact) mass is 357 g/mol. The summed E-state index contributed by atoms with van der Waals surface area (Å²) in [6, 6.07) is 8.37. The van der Waals surface area contributed by atoms with Crippen LogP contribution < -0.4 is 15.4 Å². The number of hydrogen-bond acceptors (Lipinski definition) is 3. The minimum atomic E-state index is 0.146. The van der Waals surface area contributed by atoms with Crippen LogP contribution in [0.2, 0.25) is 0 Å². The van der Waals surface area contributed by atoms with E-state index in [1.54, 1.807) is 7.05 Å². The van der Waals surface area contributed by atoms with Crippen LogP contribution in [0.4, 0.5) is 0 Å². The first-order valence-corrected chi connectivity index (χ1v) is 9.17. The topological polar surface area (TPSA) is 63.5 Å². The van der Waals surface area contributed by atoms with Gasteiger partial charge in [0.1, 0.15) is 5.75 Å². The van der Waals surface area contributed by atoms with E-state index in [0.717, 1.165) is 31.4 Å². The van der Waals surface area contributed by atoms with Crippen LogP contribution in [0.15, 0.2) is 41.7 Å². The van der Waals surface area contributed by atoms with Crippen molar-refractivity contribution in [3.8, 4) is 5.75 Å². The number of ether oxygens (including phenoxy) is 1. The molecule has 0 spiro atoms. The molecule has 2 rings (SSSR count). The van der Waals surface area contributed by atoms with Gasteiger partial charge in [-0.25, -0.2) is 0 Å². The highest BCUT2D eigenvalue weighted by atomic mass is 16.5. The third-order valence-electron chi connectivity index (χ3n) is 3.94. The van der Waals surface area contributed by atoms with Gasteiger partial charge in [0.05, 0.1) is 25.4 Å². The lowest BCUT2D eigenvalue weighted by molar-refractivity contribution is 0.271. The molecule has 0 bridgehead atoms. The standard InChI is InChI=1S/C20H31N5O/c1-15(2)14-26-19-8-6-18(7-9-19)17(4)24-20(21-5)22-10-11-25-13-16(3)12-23-25/h6-9,12-13,15,17H,10-11,14H2,1-5H3,(H2,21,22,24). The highest BCUT2D eigenvalue weighted by Gasteiger charge is 2.08. The minimum Gasteiger partial charge on any atom is -0.493 e. The predicted molar refractivity (Wildman–Crippen MR) is 107 cm³/mol. The molecule has 1 aromatic heterocycles. The Morgan fingerprint density at radius 1 is 1.23 bits per heavy atom. The van der Waals surface area contributed by atoms with E-state index in [1.165, 1.54) is 11.1 Å². The Bertz CT molecular complexity index is 690. The van der Waals surface area contributed by atoms with Gasteiger partial charge in [-0.15, -0.1) is 0 Å². The molecule has 26 heavy (non-hydrogen) atoms. The van der Waals surface area contributed by atoms with E-state index in [-0.39, 0.29) is 6.04 Å². The molecule has 0 radical (unpaired) electrons. The average molecular weight is 358 g/mol. The van der Waals surface area contributed by atoms with Crippen LogP contribution in [0.1, 0.15) is 37.9 Å². The number of nitrogens with one attached hydrogen (secondary N) is 2. The fraction of sp³-hybridized carbons (Fsp3) is 0.500. The Morgan fingerprint density at radius 3 is 2.54 bits per heavy atom. The molecule has 2 N–H and O–H groups in total. The maximum atomic E-state index is 5.74. The lowest BCUT2D eigenvalue weighted by Gasteiger charge is -2.19. The first-order valence-electron chi connectivity index (χ1n) is 9.17. The second kappa shape index (κ2) is 9.85. The number of hydrogen-bond donors (Lipinski definition) is 2. The van der Waals surface area contributed by atoms with Gasteiger partial charge >= 0.3 is 0 Å². The van der Waals surface area contributed by atoms with Crippen molar-refractivity contribution < 1.29 is 4.74 Å². The van der Waals surface area contributed by atoms with E-state index in [4.69, 9.17) is 4.74 Å². The number of aliphatic imine (C=N–C) groups is 1. The largest absolute Gasteiger partial charge is 0.493 e. The van der Waals surface area contributed by atoms with Crippen LogP contribution in [-0.4, -0.2) is 35.9 Å². The third kappa shape index (κ3) is 6.43. The molecule has 0 fully saturated rings. The molecule has 0 aliphatic carbocycles. The van der Waals surface area contributed by atoms with Crippen LogP contribution >= 0.6 is 0 Å². The summed E-state index contributed by atoms with van der Waals surface area (Å²) >= 11 is 0. The molecule has 2 aromatic rings. The van der Waals surface area contributed by atoms with E-state index in [9.17, 15) is 0 Å². The number of rotatable bonds is 8. The second-order valence-corrected chi connectivity index (χ2v) is 6.92. The van der Waals surface area contributed by atoms with Gasteiger partial charge in [-0.1, -0.05) is 26.0 Å². The van der Waals surface area contributed by atoms with Crippen LogP contribution in [0.3, 0.4) is 0 Å². The van der Waals surface area contributed by atoms with E-state index in [0.29, 0.717) is 5.92 Å². The number of benzene rings is 1. The number of aromatic nitrogens is 2. The fourth-order valence-corrected chi connectivity index (χ4v) is 2.48. The van der Waals surface area contributed by atoms with Crippen molar-refractivity contribution in [2.45, 2.75) is 40.3 Å². The zero-order valence-corrected chi connectivity index (χ0v) is 16.5. The minimum absolute atomic E-state index is 0.146. The van der Waals surface area contributed by atoms with Crippen LogP contribution in [0.5, 0.6) is 5.75 Å². The summed E-state index contributed by atoms with van der Waals surface area (Å²) < 4.78 is 7.66. The lowest BCUT2D eigenvalue weighted by Crippen LogP contribution is -2.40. The SMILES string of the molecule is CN=C(NCCn1cc(C)cn1)NC(C)c1ccc(OCC(C)C)cc1. The molecule has 6 nitrogen and oxygen atoms in total. The molecule has 0 saturated heterocycles. The smallest absolute Gasteiger partial charge is 0.191 e. The quantitative estimate of drug-likeness (QED) is 0.563. The Morgan fingerprint density at radius 2 is 1.96 bits per heavy atom. The van der Waals surface area contributed by atoms with Crippen molar-refractivity contribution in [3.63, 3.8) is 0 Å². The van der Waals surface area contributed by atoms with Crippen molar-refractivity contribution in [2.75, 3.05) is 20.2 Å². The number of nitrogens with zero attached hydrogens (tertiary/aromatic N) is 3. The van der Waals surface area contributed by atoms with E-state index < -0.39 is 0 Å². The Kier molecular flexibility index (Phi) is 7.51. The molecule has 0 aliphatic rings. The maximum Gasteiger partial charge on any atom is 0.191 e. The second-order valence-electron chi connectivity index (χ2n) is 6.92. The predicted octanol–water partition coefficient (Wildman–Crippen LogP) is 3.15. The van der Waals surface area contributed by atoms with Gasteiger partial charge in [0, 0.05) is 19.8 Å².